The maximum Gasteiger partial charge on any atom is 0.127 e. The third-order valence-electron chi connectivity index (χ3n) is 2.89. The molecule has 1 unspecified atom stereocenters. The van der Waals surface area contributed by atoms with Gasteiger partial charge in [-0.3, -0.25) is 0 Å². The van der Waals surface area contributed by atoms with E-state index in [1.54, 1.807) is 13.0 Å². The van der Waals surface area contributed by atoms with Crippen LogP contribution in [-0.2, 0) is 0 Å². The van der Waals surface area contributed by atoms with E-state index in [-0.39, 0.29) is 10.6 Å². The molecule has 0 aliphatic carbocycles. The molecule has 2 aromatic carbocycles. The van der Waals surface area contributed by atoms with Crippen LogP contribution in [0, 0.1) is 19.7 Å². The monoisotopic (exact) mass is 326 g/mol. The van der Waals surface area contributed by atoms with Crippen molar-refractivity contribution >= 4 is 27.5 Å². The van der Waals surface area contributed by atoms with Crippen molar-refractivity contribution in [1.82, 2.24) is 0 Å². The molecule has 3 heteroatoms. The Kier molecular flexibility index (Phi) is 4.08. The molecule has 2 rings (SSSR count). The van der Waals surface area contributed by atoms with Crippen LogP contribution in [0.2, 0.25) is 5.02 Å². The molecule has 0 N–H and O–H groups in total. The highest BCUT2D eigenvalue weighted by Crippen LogP contribution is 2.36. The van der Waals surface area contributed by atoms with Crippen molar-refractivity contribution < 1.29 is 4.39 Å². The first-order chi connectivity index (χ1) is 8.49. The van der Waals surface area contributed by atoms with Gasteiger partial charge in [-0.25, -0.2) is 4.39 Å². The molecule has 0 saturated heterocycles. The summed E-state index contributed by atoms with van der Waals surface area (Å²) in [7, 11) is 0. The van der Waals surface area contributed by atoms with Gasteiger partial charge in [0.25, 0.3) is 0 Å². The fourth-order valence-corrected chi connectivity index (χ4v) is 2.94. The lowest BCUT2D eigenvalue weighted by atomic mass is 10.0. The largest absolute Gasteiger partial charge is 0.207 e. The Morgan fingerprint density at radius 1 is 1.17 bits per heavy atom. The highest BCUT2D eigenvalue weighted by molar-refractivity contribution is 9.09. The summed E-state index contributed by atoms with van der Waals surface area (Å²) < 4.78 is 13.4. The molecule has 2 aromatic rings. The Labute approximate surface area is 120 Å². The third-order valence-corrected chi connectivity index (χ3v) is 4.24. The second-order valence-electron chi connectivity index (χ2n) is 4.40. The summed E-state index contributed by atoms with van der Waals surface area (Å²) >= 11 is 9.75. The number of aryl methyl sites for hydroxylation is 2. The van der Waals surface area contributed by atoms with Crippen LogP contribution >= 0.6 is 27.5 Å². The van der Waals surface area contributed by atoms with E-state index in [0.717, 1.165) is 11.1 Å². The average molecular weight is 328 g/mol. The lowest BCUT2D eigenvalue weighted by Crippen LogP contribution is -1.97. The van der Waals surface area contributed by atoms with Crippen LogP contribution in [0.5, 0.6) is 0 Å². The molecule has 0 bridgehead atoms. The standard InChI is InChI=1S/C15H13BrClF/c1-9-4-3-5-11(6-9)15(16)12-7-10(2)14(18)8-13(12)17/h3-8,15H,1-2H3. The third kappa shape index (κ3) is 2.76. The molecule has 1 atom stereocenters. The number of benzene rings is 2. The lowest BCUT2D eigenvalue weighted by Gasteiger charge is -2.14. The van der Waals surface area contributed by atoms with E-state index in [1.807, 2.05) is 25.1 Å². The zero-order valence-corrected chi connectivity index (χ0v) is 12.5. The minimum absolute atomic E-state index is 0.0239. The summed E-state index contributed by atoms with van der Waals surface area (Å²) in [4.78, 5) is -0.0239. The molecule has 94 valence electrons. The van der Waals surface area contributed by atoms with Crippen molar-refractivity contribution in [2.45, 2.75) is 18.7 Å². The molecule has 0 spiro atoms. The van der Waals surface area contributed by atoms with Gasteiger partial charge in [0.15, 0.2) is 0 Å². The summed E-state index contributed by atoms with van der Waals surface area (Å²) in [6.45, 7) is 3.78. The summed E-state index contributed by atoms with van der Waals surface area (Å²) in [5, 5.41) is 0.446. The molecule has 0 nitrogen and oxygen atoms in total. The topological polar surface area (TPSA) is 0 Å². The Balaban J connectivity index is 2.46. The van der Waals surface area contributed by atoms with E-state index < -0.39 is 0 Å². The lowest BCUT2D eigenvalue weighted by molar-refractivity contribution is 0.618. The van der Waals surface area contributed by atoms with Crippen LogP contribution in [0.15, 0.2) is 36.4 Å². The van der Waals surface area contributed by atoms with Crippen LogP contribution in [0.1, 0.15) is 27.1 Å². The van der Waals surface area contributed by atoms with Gasteiger partial charge < -0.3 is 0 Å². The van der Waals surface area contributed by atoms with Crippen LogP contribution < -0.4 is 0 Å². The molecule has 0 heterocycles. The maximum atomic E-state index is 13.4. The molecule has 18 heavy (non-hydrogen) atoms. The van der Waals surface area contributed by atoms with Gasteiger partial charge in [-0.1, -0.05) is 63.4 Å². The maximum absolute atomic E-state index is 13.4. The van der Waals surface area contributed by atoms with Gasteiger partial charge in [0.1, 0.15) is 5.82 Å². The van der Waals surface area contributed by atoms with Crippen LogP contribution in [-0.4, -0.2) is 0 Å². The Morgan fingerprint density at radius 3 is 2.56 bits per heavy atom. The quantitative estimate of drug-likeness (QED) is 0.632. The van der Waals surface area contributed by atoms with Gasteiger partial charge >= 0.3 is 0 Å². The summed E-state index contributed by atoms with van der Waals surface area (Å²) in [6, 6.07) is 11.3. The van der Waals surface area contributed by atoms with Crippen molar-refractivity contribution in [3.05, 3.63) is 69.5 Å². The van der Waals surface area contributed by atoms with Crippen molar-refractivity contribution in [1.29, 1.82) is 0 Å². The minimum atomic E-state index is -0.271. The van der Waals surface area contributed by atoms with Gasteiger partial charge in [-0.05, 0) is 36.6 Å². The van der Waals surface area contributed by atoms with E-state index in [9.17, 15) is 4.39 Å². The second-order valence-corrected chi connectivity index (χ2v) is 5.72. The summed E-state index contributed by atoms with van der Waals surface area (Å²) in [5.74, 6) is -0.271. The smallest absolute Gasteiger partial charge is 0.127 e. The van der Waals surface area contributed by atoms with Crippen LogP contribution in [0.4, 0.5) is 4.39 Å². The molecule has 0 saturated carbocycles. The van der Waals surface area contributed by atoms with Gasteiger partial charge in [-0.15, -0.1) is 0 Å². The number of halogens is 3. The number of rotatable bonds is 2. The van der Waals surface area contributed by atoms with Crippen LogP contribution in [0.3, 0.4) is 0 Å². The van der Waals surface area contributed by atoms with Crippen LogP contribution in [0.25, 0.3) is 0 Å². The number of hydrogen-bond donors (Lipinski definition) is 0. The normalized spacial score (nSPS) is 12.5. The first-order valence-corrected chi connectivity index (χ1v) is 6.94. The fourth-order valence-electron chi connectivity index (χ4n) is 1.88. The first kappa shape index (κ1) is 13.6. The molecule has 0 amide bonds. The van der Waals surface area contributed by atoms with E-state index in [1.165, 1.54) is 11.6 Å². The average Bonchev–Trinajstić information content (AvgIpc) is 2.33. The highest BCUT2D eigenvalue weighted by Gasteiger charge is 2.15. The van der Waals surface area contributed by atoms with Gasteiger partial charge in [-0.2, -0.15) is 0 Å². The molecule has 0 aliphatic heterocycles. The molecular weight excluding hydrogens is 315 g/mol. The van der Waals surface area contributed by atoms with Crippen molar-refractivity contribution in [3.63, 3.8) is 0 Å². The van der Waals surface area contributed by atoms with Crippen molar-refractivity contribution in [2.24, 2.45) is 0 Å². The predicted molar refractivity (Wildman–Crippen MR) is 78.1 cm³/mol. The highest BCUT2D eigenvalue weighted by atomic mass is 79.9. The zero-order chi connectivity index (χ0) is 13.3. The molecule has 0 radical (unpaired) electrons. The van der Waals surface area contributed by atoms with Crippen molar-refractivity contribution in [2.75, 3.05) is 0 Å². The predicted octanol–water partition coefficient (Wildman–Crippen LogP) is 5.58. The number of hydrogen-bond acceptors (Lipinski definition) is 0. The fraction of sp³-hybridized carbons (Fsp3) is 0.200. The minimum Gasteiger partial charge on any atom is -0.207 e. The van der Waals surface area contributed by atoms with E-state index in [0.29, 0.717) is 10.6 Å². The second kappa shape index (κ2) is 5.41. The Hall–Kier alpha value is -0.860. The van der Waals surface area contributed by atoms with Gasteiger partial charge in [0, 0.05) is 5.02 Å². The summed E-state index contributed by atoms with van der Waals surface area (Å²) in [5.41, 5.74) is 3.79. The summed E-state index contributed by atoms with van der Waals surface area (Å²) in [6.07, 6.45) is 0. The first-order valence-electron chi connectivity index (χ1n) is 5.65. The van der Waals surface area contributed by atoms with E-state index in [4.69, 9.17) is 11.6 Å². The van der Waals surface area contributed by atoms with E-state index >= 15 is 0 Å². The van der Waals surface area contributed by atoms with Gasteiger partial charge in [0.2, 0.25) is 0 Å². The Bertz CT molecular complexity index is 581. The zero-order valence-electron chi connectivity index (χ0n) is 10.2. The SMILES string of the molecule is Cc1cccc(C(Br)c2cc(C)c(F)cc2Cl)c1. The van der Waals surface area contributed by atoms with Crippen molar-refractivity contribution in [3.8, 4) is 0 Å². The molecule has 0 aliphatic rings. The van der Waals surface area contributed by atoms with Gasteiger partial charge in [0.05, 0.1) is 4.83 Å². The molecule has 0 fully saturated rings. The molecule has 0 aromatic heterocycles. The number of alkyl halides is 1. The molecular formula is C15H13BrClF. The Morgan fingerprint density at radius 2 is 1.89 bits per heavy atom. The van der Waals surface area contributed by atoms with E-state index in [2.05, 4.69) is 22.0 Å².